The van der Waals surface area contributed by atoms with E-state index in [0.717, 1.165) is 11.3 Å². The van der Waals surface area contributed by atoms with E-state index in [1.54, 1.807) is 37.3 Å². The van der Waals surface area contributed by atoms with Crippen molar-refractivity contribution < 1.29 is 28.3 Å². The summed E-state index contributed by atoms with van der Waals surface area (Å²) in [6.07, 6.45) is -1.03. The number of hydrogen-bond donors (Lipinski definition) is 1. The third-order valence-corrected chi connectivity index (χ3v) is 4.93. The van der Waals surface area contributed by atoms with Crippen LogP contribution < -0.4 is 14.8 Å². The Balaban J connectivity index is 1.64. The van der Waals surface area contributed by atoms with Crippen molar-refractivity contribution in [3.8, 4) is 11.5 Å². The maximum atomic E-state index is 12.5. The highest BCUT2D eigenvalue weighted by molar-refractivity contribution is 6.30. The Kier molecular flexibility index (Phi) is 7.37. The van der Waals surface area contributed by atoms with Crippen LogP contribution in [0.25, 0.3) is 0 Å². The first-order valence-electron chi connectivity index (χ1n) is 9.78. The fourth-order valence-electron chi connectivity index (χ4n) is 2.86. The molecule has 0 fully saturated rings. The largest absolute Gasteiger partial charge is 0.493 e. The van der Waals surface area contributed by atoms with Crippen LogP contribution in [0.15, 0.2) is 47.0 Å². The fraction of sp³-hybridized carbons (Fsp3) is 0.261. The number of methoxy groups -OCH3 is 1. The second-order valence-electron chi connectivity index (χ2n) is 7.00. The standard InChI is InChI=1S/C23H23ClN2O6/c1-13-19(14(2)32-26-13)12-30-20-9-8-16(10-21(20)29-4)23(28)31-15(3)22(27)25-18-7-5-6-17(24)11-18/h5-11,15H,12H2,1-4H3,(H,25,27). The van der Waals surface area contributed by atoms with E-state index in [1.165, 1.54) is 26.2 Å². The van der Waals surface area contributed by atoms with Gasteiger partial charge in [-0.2, -0.15) is 0 Å². The van der Waals surface area contributed by atoms with E-state index in [0.29, 0.717) is 28.0 Å². The molecule has 0 aliphatic carbocycles. The zero-order chi connectivity index (χ0) is 23.3. The second kappa shape index (κ2) is 10.2. The molecular weight excluding hydrogens is 436 g/mol. The molecule has 168 valence electrons. The van der Waals surface area contributed by atoms with Crippen molar-refractivity contribution in [2.45, 2.75) is 33.5 Å². The molecule has 8 nitrogen and oxygen atoms in total. The van der Waals surface area contributed by atoms with Crippen LogP contribution in [0.4, 0.5) is 5.69 Å². The zero-order valence-corrected chi connectivity index (χ0v) is 18.9. The van der Waals surface area contributed by atoms with Crippen LogP contribution >= 0.6 is 11.6 Å². The number of esters is 1. The van der Waals surface area contributed by atoms with Crippen LogP contribution in [0, 0.1) is 13.8 Å². The Hall–Kier alpha value is -3.52. The van der Waals surface area contributed by atoms with Crippen molar-refractivity contribution >= 4 is 29.2 Å². The van der Waals surface area contributed by atoms with Gasteiger partial charge in [0.2, 0.25) is 0 Å². The molecule has 32 heavy (non-hydrogen) atoms. The first kappa shape index (κ1) is 23.1. The quantitative estimate of drug-likeness (QED) is 0.487. The van der Waals surface area contributed by atoms with Crippen molar-refractivity contribution in [2.24, 2.45) is 0 Å². The summed E-state index contributed by atoms with van der Waals surface area (Å²) in [7, 11) is 1.47. The Morgan fingerprint density at radius 2 is 1.94 bits per heavy atom. The average molecular weight is 459 g/mol. The zero-order valence-electron chi connectivity index (χ0n) is 18.1. The summed E-state index contributed by atoms with van der Waals surface area (Å²) >= 11 is 5.91. The molecule has 0 bridgehead atoms. The van der Waals surface area contributed by atoms with Gasteiger partial charge in [0, 0.05) is 10.7 Å². The van der Waals surface area contributed by atoms with Crippen molar-refractivity contribution in [2.75, 3.05) is 12.4 Å². The minimum Gasteiger partial charge on any atom is -0.493 e. The number of rotatable bonds is 8. The molecule has 0 radical (unpaired) electrons. The number of nitrogens with zero attached hydrogens (tertiary/aromatic N) is 1. The summed E-state index contributed by atoms with van der Waals surface area (Å²) in [6, 6.07) is 11.3. The van der Waals surface area contributed by atoms with E-state index in [4.69, 9.17) is 30.3 Å². The minimum atomic E-state index is -1.03. The van der Waals surface area contributed by atoms with Gasteiger partial charge in [0.05, 0.1) is 23.9 Å². The predicted molar refractivity (Wildman–Crippen MR) is 118 cm³/mol. The molecule has 2 aromatic carbocycles. The van der Waals surface area contributed by atoms with E-state index in [-0.39, 0.29) is 12.2 Å². The van der Waals surface area contributed by atoms with Crippen LogP contribution in [-0.2, 0) is 16.1 Å². The van der Waals surface area contributed by atoms with E-state index < -0.39 is 18.0 Å². The smallest absolute Gasteiger partial charge is 0.339 e. The summed E-state index contributed by atoms with van der Waals surface area (Å²) in [4.78, 5) is 24.9. The lowest BCUT2D eigenvalue weighted by Gasteiger charge is -2.15. The number of aryl methyl sites for hydroxylation is 2. The Morgan fingerprint density at radius 3 is 2.59 bits per heavy atom. The van der Waals surface area contributed by atoms with Crippen molar-refractivity contribution in [1.82, 2.24) is 5.16 Å². The molecule has 9 heteroatoms. The van der Waals surface area contributed by atoms with Gasteiger partial charge >= 0.3 is 5.97 Å². The van der Waals surface area contributed by atoms with Crippen LogP contribution in [0.2, 0.25) is 5.02 Å². The number of aromatic nitrogens is 1. The van der Waals surface area contributed by atoms with Gasteiger partial charge in [0.1, 0.15) is 12.4 Å². The van der Waals surface area contributed by atoms with Gasteiger partial charge in [0.25, 0.3) is 5.91 Å². The summed E-state index contributed by atoms with van der Waals surface area (Å²) in [5, 5.41) is 7.03. The van der Waals surface area contributed by atoms with Gasteiger partial charge in [-0.15, -0.1) is 0 Å². The van der Waals surface area contributed by atoms with Crippen LogP contribution in [0.3, 0.4) is 0 Å². The van der Waals surface area contributed by atoms with Crippen molar-refractivity contribution in [1.29, 1.82) is 0 Å². The molecule has 0 saturated carbocycles. The molecular formula is C23H23ClN2O6. The highest BCUT2D eigenvalue weighted by Gasteiger charge is 2.21. The summed E-state index contributed by atoms with van der Waals surface area (Å²) < 4.78 is 21.6. The number of carbonyl (C=O) groups excluding carboxylic acids is 2. The Morgan fingerprint density at radius 1 is 1.16 bits per heavy atom. The number of nitrogens with one attached hydrogen (secondary N) is 1. The third kappa shape index (κ3) is 5.59. The number of benzene rings is 2. The van der Waals surface area contributed by atoms with Gasteiger partial charge in [-0.3, -0.25) is 4.79 Å². The number of carbonyl (C=O) groups is 2. The van der Waals surface area contributed by atoms with Gasteiger partial charge in [-0.05, 0) is 57.2 Å². The molecule has 1 N–H and O–H groups in total. The third-order valence-electron chi connectivity index (χ3n) is 4.70. The Labute approximate surface area is 190 Å². The molecule has 3 aromatic rings. The molecule has 1 aromatic heterocycles. The number of hydrogen-bond acceptors (Lipinski definition) is 7. The lowest BCUT2D eigenvalue weighted by Crippen LogP contribution is -2.30. The minimum absolute atomic E-state index is 0.217. The SMILES string of the molecule is COc1cc(C(=O)OC(C)C(=O)Nc2cccc(Cl)c2)ccc1OCc1c(C)noc1C. The molecule has 1 heterocycles. The normalized spacial score (nSPS) is 11.5. The first-order chi connectivity index (χ1) is 15.3. The molecule has 0 saturated heterocycles. The monoisotopic (exact) mass is 458 g/mol. The second-order valence-corrected chi connectivity index (χ2v) is 7.44. The summed E-state index contributed by atoms with van der Waals surface area (Å²) in [5.41, 5.74) is 2.31. The van der Waals surface area contributed by atoms with Crippen LogP contribution in [0.1, 0.15) is 34.3 Å². The fourth-order valence-corrected chi connectivity index (χ4v) is 3.05. The number of ether oxygens (including phenoxy) is 3. The molecule has 0 aliphatic heterocycles. The van der Waals surface area contributed by atoms with E-state index in [1.807, 2.05) is 6.92 Å². The van der Waals surface area contributed by atoms with E-state index in [9.17, 15) is 9.59 Å². The number of halogens is 1. The lowest BCUT2D eigenvalue weighted by molar-refractivity contribution is -0.123. The predicted octanol–water partition coefficient (Wildman–Crippen LogP) is 4.72. The summed E-state index contributed by atoms with van der Waals surface area (Å²) in [5.74, 6) is 0.311. The molecule has 3 rings (SSSR count). The van der Waals surface area contributed by atoms with Crippen molar-refractivity contribution in [3.05, 3.63) is 70.1 Å². The van der Waals surface area contributed by atoms with Gasteiger partial charge in [-0.25, -0.2) is 4.79 Å². The molecule has 1 amide bonds. The van der Waals surface area contributed by atoms with Crippen LogP contribution in [0.5, 0.6) is 11.5 Å². The molecule has 0 aliphatic rings. The van der Waals surface area contributed by atoms with E-state index in [2.05, 4.69) is 10.5 Å². The maximum absolute atomic E-state index is 12.5. The molecule has 1 atom stereocenters. The van der Waals surface area contributed by atoms with Gasteiger partial charge < -0.3 is 24.1 Å². The highest BCUT2D eigenvalue weighted by Crippen LogP contribution is 2.30. The lowest BCUT2D eigenvalue weighted by atomic mass is 10.2. The maximum Gasteiger partial charge on any atom is 0.339 e. The van der Waals surface area contributed by atoms with Crippen LogP contribution in [-0.4, -0.2) is 30.2 Å². The van der Waals surface area contributed by atoms with Crippen molar-refractivity contribution in [3.63, 3.8) is 0 Å². The highest BCUT2D eigenvalue weighted by atomic mass is 35.5. The van der Waals surface area contributed by atoms with Gasteiger partial charge in [-0.1, -0.05) is 22.8 Å². The topological polar surface area (TPSA) is 99.9 Å². The Bertz CT molecular complexity index is 1110. The van der Waals surface area contributed by atoms with E-state index >= 15 is 0 Å². The first-order valence-corrected chi connectivity index (χ1v) is 10.2. The average Bonchev–Trinajstić information content (AvgIpc) is 3.09. The molecule has 1 unspecified atom stereocenters. The summed E-state index contributed by atoms with van der Waals surface area (Å²) in [6.45, 7) is 5.35. The van der Waals surface area contributed by atoms with Gasteiger partial charge in [0.15, 0.2) is 17.6 Å². The number of amides is 1. The number of anilines is 1. The molecule has 0 spiro atoms.